The molecule has 1 atom stereocenters. The molecular formula is C20H33N3OS. The van der Waals surface area contributed by atoms with Crippen LogP contribution in [0.3, 0.4) is 0 Å². The van der Waals surface area contributed by atoms with E-state index in [2.05, 4.69) is 61.9 Å². The highest BCUT2D eigenvalue weighted by Crippen LogP contribution is 2.33. The van der Waals surface area contributed by atoms with E-state index in [1.54, 1.807) is 0 Å². The van der Waals surface area contributed by atoms with Crippen molar-refractivity contribution < 1.29 is 4.74 Å². The molecule has 140 valence electrons. The van der Waals surface area contributed by atoms with Gasteiger partial charge < -0.3 is 15.4 Å². The number of thioether (sulfide) groups is 1. The first-order chi connectivity index (χ1) is 12.1. The van der Waals surface area contributed by atoms with Gasteiger partial charge in [0.2, 0.25) is 0 Å². The molecule has 1 aliphatic rings. The van der Waals surface area contributed by atoms with Crippen molar-refractivity contribution >= 4 is 17.7 Å². The number of aliphatic imine (C=N–C) groups is 1. The monoisotopic (exact) mass is 363 g/mol. The van der Waals surface area contributed by atoms with E-state index >= 15 is 0 Å². The predicted octanol–water partition coefficient (Wildman–Crippen LogP) is 3.57. The lowest BCUT2D eigenvalue weighted by atomic mass is 9.99. The van der Waals surface area contributed by atoms with Crippen LogP contribution in [0.15, 0.2) is 29.3 Å². The van der Waals surface area contributed by atoms with E-state index in [0.29, 0.717) is 5.92 Å². The molecule has 0 bridgehead atoms. The van der Waals surface area contributed by atoms with Crippen LogP contribution in [0, 0.1) is 6.92 Å². The van der Waals surface area contributed by atoms with Crippen molar-refractivity contribution in [3.05, 3.63) is 35.4 Å². The van der Waals surface area contributed by atoms with Crippen molar-refractivity contribution in [2.24, 2.45) is 4.99 Å². The van der Waals surface area contributed by atoms with Crippen molar-refractivity contribution in [3.63, 3.8) is 0 Å². The zero-order valence-corrected chi connectivity index (χ0v) is 16.9. The van der Waals surface area contributed by atoms with Crippen LogP contribution in [0.1, 0.15) is 43.7 Å². The Balaban J connectivity index is 1.93. The molecule has 25 heavy (non-hydrogen) atoms. The van der Waals surface area contributed by atoms with E-state index in [-0.39, 0.29) is 4.75 Å². The smallest absolute Gasteiger partial charge is 0.191 e. The number of benzene rings is 1. The quantitative estimate of drug-likeness (QED) is 0.574. The summed E-state index contributed by atoms with van der Waals surface area (Å²) in [6.45, 7) is 10.8. The summed E-state index contributed by atoms with van der Waals surface area (Å²) in [4.78, 5) is 4.88. The van der Waals surface area contributed by atoms with Crippen molar-refractivity contribution in [2.75, 3.05) is 39.1 Å². The average Bonchev–Trinajstić information content (AvgIpc) is 2.65. The molecule has 0 aliphatic carbocycles. The number of aryl methyl sites for hydroxylation is 1. The highest BCUT2D eigenvalue weighted by molar-refractivity contribution is 8.00. The molecule has 1 fully saturated rings. The van der Waals surface area contributed by atoms with Crippen LogP contribution in [-0.2, 0) is 4.74 Å². The fourth-order valence-corrected chi connectivity index (χ4v) is 3.77. The fraction of sp³-hybridized carbons (Fsp3) is 0.650. The van der Waals surface area contributed by atoms with Gasteiger partial charge in [0, 0.05) is 31.1 Å². The minimum absolute atomic E-state index is 0.225. The van der Waals surface area contributed by atoms with Crippen molar-refractivity contribution in [3.8, 4) is 0 Å². The van der Waals surface area contributed by atoms with Gasteiger partial charge in [0.05, 0.1) is 6.54 Å². The van der Waals surface area contributed by atoms with Crippen LogP contribution < -0.4 is 10.6 Å². The molecule has 1 unspecified atom stereocenters. The third-order valence-corrected chi connectivity index (χ3v) is 6.33. The molecule has 4 nitrogen and oxygen atoms in total. The number of hydrogen-bond donors (Lipinski definition) is 2. The zero-order valence-electron chi connectivity index (χ0n) is 16.1. The molecule has 1 saturated heterocycles. The molecule has 1 aromatic rings. The second-order valence-electron chi connectivity index (χ2n) is 6.89. The molecule has 0 aromatic heterocycles. The van der Waals surface area contributed by atoms with Gasteiger partial charge in [0.1, 0.15) is 0 Å². The summed E-state index contributed by atoms with van der Waals surface area (Å²) in [5, 5.41) is 6.89. The lowest BCUT2D eigenvalue weighted by molar-refractivity contribution is 0.0794. The van der Waals surface area contributed by atoms with Gasteiger partial charge in [-0.05, 0) is 44.4 Å². The molecule has 1 heterocycles. The SMILES string of the molecule is CCNC(=NCC1(SC)CCOCC1)NCC(C)c1ccc(C)cc1. The van der Waals surface area contributed by atoms with Crippen molar-refractivity contribution in [2.45, 2.75) is 44.3 Å². The number of nitrogens with zero attached hydrogens (tertiary/aromatic N) is 1. The Hall–Kier alpha value is -1.20. The van der Waals surface area contributed by atoms with E-state index in [9.17, 15) is 0 Å². The van der Waals surface area contributed by atoms with Crippen LogP contribution in [0.4, 0.5) is 0 Å². The fourth-order valence-electron chi connectivity index (χ4n) is 3.00. The van der Waals surface area contributed by atoms with Crippen LogP contribution in [0.25, 0.3) is 0 Å². The summed E-state index contributed by atoms with van der Waals surface area (Å²) < 4.78 is 5.75. The van der Waals surface area contributed by atoms with E-state index in [4.69, 9.17) is 9.73 Å². The van der Waals surface area contributed by atoms with Gasteiger partial charge in [-0.25, -0.2) is 0 Å². The number of hydrogen-bond acceptors (Lipinski definition) is 3. The Morgan fingerprint density at radius 3 is 2.52 bits per heavy atom. The maximum atomic E-state index is 5.52. The molecular weight excluding hydrogens is 330 g/mol. The summed E-state index contributed by atoms with van der Waals surface area (Å²) in [7, 11) is 0. The van der Waals surface area contributed by atoms with Gasteiger partial charge in [0.25, 0.3) is 0 Å². The largest absolute Gasteiger partial charge is 0.381 e. The minimum Gasteiger partial charge on any atom is -0.381 e. The Morgan fingerprint density at radius 1 is 1.24 bits per heavy atom. The maximum Gasteiger partial charge on any atom is 0.191 e. The highest BCUT2D eigenvalue weighted by Gasteiger charge is 2.31. The third-order valence-electron chi connectivity index (χ3n) is 4.93. The molecule has 2 N–H and O–H groups in total. The summed E-state index contributed by atoms with van der Waals surface area (Å²) in [5.41, 5.74) is 2.66. The minimum atomic E-state index is 0.225. The highest BCUT2D eigenvalue weighted by atomic mass is 32.2. The summed E-state index contributed by atoms with van der Waals surface area (Å²) in [6, 6.07) is 8.80. The maximum absolute atomic E-state index is 5.52. The number of rotatable bonds is 7. The zero-order chi connectivity index (χ0) is 18.1. The molecule has 1 aromatic carbocycles. The van der Waals surface area contributed by atoms with E-state index in [1.807, 2.05) is 11.8 Å². The first-order valence-electron chi connectivity index (χ1n) is 9.30. The van der Waals surface area contributed by atoms with Crippen molar-refractivity contribution in [1.29, 1.82) is 0 Å². The number of guanidine groups is 1. The van der Waals surface area contributed by atoms with E-state index < -0.39 is 0 Å². The van der Waals surface area contributed by atoms with E-state index in [0.717, 1.165) is 51.6 Å². The molecule has 1 aliphatic heterocycles. The lowest BCUT2D eigenvalue weighted by Gasteiger charge is -2.34. The normalized spacial score (nSPS) is 18.6. The van der Waals surface area contributed by atoms with Crippen LogP contribution >= 0.6 is 11.8 Å². The Kier molecular flexibility index (Phi) is 8.10. The first kappa shape index (κ1) is 20.1. The van der Waals surface area contributed by atoms with Gasteiger partial charge in [-0.15, -0.1) is 0 Å². The number of ether oxygens (including phenoxy) is 1. The van der Waals surface area contributed by atoms with E-state index in [1.165, 1.54) is 11.1 Å². The van der Waals surface area contributed by atoms with Crippen LogP contribution in [0.2, 0.25) is 0 Å². The molecule has 0 saturated carbocycles. The second kappa shape index (κ2) is 10.1. The topological polar surface area (TPSA) is 45.7 Å². The molecule has 2 rings (SSSR count). The lowest BCUT2D eigenvalue weighted by Crippen LogP contribution is -2.42. The van der Waals surface area contributed by atoms with Gasteiger partial charge in [0.15, 0.2) is 5.96 Å². The second-order valence-corrected chi connectivity index (χ2v) is 8.16. The van der Waals surface area contributed by atoms with Gasteiger partial charge >= 0.3 is 0 Å². The Morgan fingerprint density at radius 2 is 1.92 bits per heavy atom. The molecule has 0 spiro atoms. The molecule has 0 amide bonds. The third kappa shape index (κ3) is 6.23. The molecule has 5 heteroatoms. The standard InChI is InChI=1S/C20H33N3OS/c1-5-21-19(23-15-20(25-4)10-12-24-13-11-20)22-14-17(3)18-8-6-16(2)7-9-18/h6-9,17H,5,10-15H2,1-4H3,(H2,21,22,23). The average molecular weight is 364 g/mol. The van der Waals surface area contributed by atoms with Crippen molar-refractivity contribution in [1.82, 2.24) is 10.6 Å². The van der Waals surface area contributed by atoms with Crippen LogP contribution in [-0.4, -0.2) is 49.8 Å². The Bertz CT molecular complexity index is 538. The summed E-state index contributed by atoms with van der Waals surface area (Å²) >= 11 is 1.93. The predicted molar refractivity (Wildman–Crippen MR) is 110 cm³/mol. The number of nitrogens with one attached hydrogen (secondary N) is 2. The summed E-state index contributed by atoms with van der Waals surface area (Å²) in [5.74, 6) is 1.36. The first-order valence-corrected chi connectivity index (χ1v) is 10.5. The van der Waals surface area contributed by atoms with Crippen LogP contribution in [0.5, 0.6) is 0 Å². The Labute approximate surface area is 157 Å². The van der Waals surface area contributed by atoms with Gasteiger partial charge in [-0.2, -0.15) is 11.8 Å². The van der Waals surface area contributed by atoms with Gasteiger partial charge in [-0.1, -0.05) is 36.8 Å². The summed E-state index contributed by atoms with van der Waals surface area (Å²) in [6.07, 6.45) is 4.36. The van der Waals surface area contributed by atoms with Gasteiger partial charge in [-0.3, -0.25) is 4.99 Å². The molecule has 0 radical (unpaired) electrons.